The minimum Gasteiger partial charge on any atom is -0.327 e. The molecule has 2 N–H and O–H groups in total. The molecule has 0 aliphatic carbocycles. The standard InChI is InChI=1S/C10H9ClN2S/c11-10-4-3-9-8(13-10)6-7(14-9)2-1-5-12/h1-4,6H,5,12H2/b2-1+. The molecule has 0 saturated carbocycles. The zero-order valence-electron chi connectivity index (χ0n) is 7.40. The van der Waals surface area contributed by atoms with E-state index in [4.69, 9.17) is 17.3 Å². The predicted molar refractivity (Wildman–Crippen MR) is 62.7 cm³/mol. The van der Waals surface area contributed by atoms with Gasteiger partial charge in [0, 0.05) is 11.4 Å². The van der Waals surface area contributed by atoms with Gasteiger partial charge in [0.15, 0.2) is 0 Å². The van der Waals surface area contributed by atoms with Gasteiger partial charge in [-0.1, -0.05) is 17.7 Å². The van der Waals surface area contributed by atoms with E-state index in [1.807, 2.05) is 24.3 Å². The molecular formula is C10H9ClN2S. The second kappa shape index (κ2) is 4.09. The number of pyridine rings is 1. The van der Waals surface area contributed by atoms with Gasteiger partial charge in [-0.2, -0.15) is 0 Å². The Hall–Kier alpha value is -0.900. The molecule has 0 aromatic carbocycles. The van der Waals surface area contributed by atoms with Gasteiger partial charge in [-0.05, 0) is 24.3 Å². The average Bonchev–Trinajstić information content (AvgIpc) is 2.56. The fraction of sp³-hybridized carbons (Fsp3) is 0.100. The van der Waals surface area contributed by atoms with Crippen molar-refractivity contribution in [3.63, 3.8) is 0 Å². The van der Waals surface area contributed by atoms with E-state index in [9.17, 15) is 0 Å². The van der Waals surface area contributed by atoms with Crippen LogP contribution in [0.1, 0.15) is 4.88 Å². The summed E-state index contributed by atoms with van der Waals surface area (Å²) in [5, 5.41) is 0.532. The number of hydrogen-bond acceptors (Lipinski definition) is 3. The summed E-state index contributed by atoms with van der Waals surface area (Å²) >= 11 is 7.47. The van der Waals surface area contributed by atoms with Crippen LogP contribution in [-0.2, 0) is 0 Å². The van der Waals surface area contributed by atoms with Gasteiger partial charge in [0.25, 0.3) is 0 Å². The van der Waals surface area contributed by atoms with Crippen LogP contribution in [0.15, 0.2) is 24.3 Å². The maximum atomic E-state index is 5.79. The van der Waals surface area contributed by atoms with E-state index in [1.54, 1.807) is 17.4 Å². The lowest BCUT2D eigenvalue weighted by atomic mass is 10.3. The smallest absolute Gasteiger partial charge is 0.129 e. The molecule has 2 aromatic heterocycles. The van der Waals surface area contributed by atoms with Crippen molar-refractivity contribution in [1.29, 1.82) is 0 Å². The Bertz CT molecular complexity index is 476. The Balaban J connectivity index is 2.46. The summed E-state index contributed by atoms with van der Waals surface area (Å²) in [6.07, 6.45) is 3.92. The molecule has 2 aromatic rings. The Labute approximate surface area is 91.0 Å². The molecule has 4 heteroatoms. The molecule has 14 heavy (non-hydrogen) atoms. The van der Waals surface area contributed by atoms with E-state index in [0.29, 0.717) is 11.7 Å². The van der Waals surface area contributed by atoms with Crippen molar-refractivity contribution in [3.05, 3.63) is 34.3 Å². The van der Waals surface area contributed by atoms with E-state index in [2.05, 4.69) is 4.98 Å². The lowest BCUT2D eigenvalue weighted by Gasteiger charge is -1.87. The Kier molecular flexibility index (Phi) is 2.82. The minimum absolute atomic E-state index is 0.532. The fourth-order valence-corrected chi connectivity index (χ4v) is 2.27. The number of fused-ring (bicyclic) bond motifs is 1. The van der Waals surface area contributed by atoms with Gasteiger partial charge < -0.3 is 5.73 Å². The van der Waals surface area contributed by atoms with Crippen molar-refractivity contribution in [2.24, 2.45) is 5.73 Å². The van der Waals surface area contributed by atoms with Gasteiger partial charge in [-0.3, -0.25) is 0 Å². The predicted octanol–water partition coefficient (Wildman–Crippen LogP) is 2.92. The van der Waals surface area contributed by atoms with Crippen LogP contribution in [0, 0.1) is 0 Å². The number of halogens is 1. The normalized spacial score (nSPS) is 11.6. The van der Waals surface area contributed by atoms with Crippen LogP contribution in [0.5, 0.6) is 0 Å². The van der Waals surface area contributed by atoms with Gasteiger partial charge in [0.1, 0.15) is 5.15 Å². The van der Waals surface area contributed by atoms with Gasteiger partial charge >= 0.3 is 0 Å². The lowest BCUT2D eigenvalue weighted by Crippen LogP contribution is -1.91. The molecule has 0 aliphatic rings. The fourth-order valence-electron chi connectivity index (χ4n) is 1.18. The third-order valence-corrected chi connectivity index (χ3v) is 3.04. The topological polar surface area (TPSA) is 38.9 Å². The number of thiophene rings is 1. The number of aromatic nitrogens is 1. The van der Waals surface area contributed by atoms with E-state index in [1.165, 1.54) is 0 Å². The van der Waals surface area contributed by atoms with Crippen LogP contribution in [0.2, 0.25) is 5.15 Å². The number of rotatable bonds is 2. The minimum atomic E-state index is 0.532. The van der Waals surface area contributed by atoms with E-state index in [0.717, 1.165) is 15.1 Å². The van der Waals surface area contributed by atoms with Crippen LogP contribution in [-0.4, -0.2) is 11.5 Å². The molecular weight excluding hydrogens is 216 g/mol. The average molecular weight is 225 g/mol. The molecule has 2 rings (SSSR count). The number of nitrogens with zero attached hydrogens (tertiary/aromatic N) is 1. The highest BCUT2D eigenvalue weighted by atomic mass is 35.5. The highest BCUT2D eigenvalue weighted by Gasteiger charge is 2.00. The molecule has 2 heterocycles. The van der Waals surface area contributed by atoms with Crippen LogP contribution >= 0.6 is 22.9 Å². The van der Waals surface area contributed by atoms with Gasteiger partial charge in [-0.15, -0.1) is 11.3 Å². The second-order valence-corrected chi connectivity index (χ2v) is 4.31. The molecule has 0 saturated heterocycles. The van der Waals surface area contributed by atoms with E-state index < -0.39 is 0 Å². The summed E-state index contributed by atoms with van der Waals surface area (Å²) < 4.78 is 1.14. The maximum absolute atomic E-state index is 5.79. The summed E-state index contributed by atoms with van der Waals surface area (Å²) in [4.78, 5) is 5.37. The molecule has 0 fully saturated rings. The third-order valence-electron chi connectivity index (χ3n) is 1.78. The summed E-state index contributed by atoms with van der Waals surface area (Å²) in [7, 11) is 0. The SMILES string of the molecule is NC/C=C/c1cc2nc(Cl)ccc2s1. The zero-order chi connectivity index (χ0) is 9.97. The first-order chi connectivity index (χ1) is 6.79. The van der Waals surface area contributed by atoms with Crippen LogP contribution < -0.4 is 5.73 Å². The second-order valence-electron chi connectivity index (χ2n) is 2.80. The van der Waals surface area contributed by atoms with E-state index >= 15 is 0 Å². The molecule has 0 bridgehead atoms. The van der Waals surface area contributed by atoms with Crippen molar-refractivity contribution in [3.8, 4) is 0 Å². The van der Waals surface area contributed by atoms with Crippen molar-refractivity contribution in [2.45, 2.75) is 0 Å². The Morgan fingerprint density at radius 1 is 1.50 bits per heavy atom. The molecule has 0 aliphatic heterocycles. The van der Waals surface area contributed by atoms with Crippen molar-refractivity contribution in [1.82, 2.24) is 4.98 Å². The van der Waals surface area contributed by atoms with E-state index in [-0.39, 0.29) is 0 Å². The summed E-state index contributed by atoms with van der Waals surface area (Å²) in [6, 6.07) is 5.80. The lowest BCUT2D eigenvalue weighted by molar-refractivity contribution is 1.26. The quantitative estimate of drug-likeness (QED) is 0.797. The highest BCUT2D eigenvalue weighted by molar-refractivity contribution is 7.19. The van der Waals surface area contributed by atoms with Gasteiger partial charge in [-0.25, -0.2) is 4.98 Å². The summed E-state index contributed by atoms with van der Waals surface area (Å²) in [5.41, 5.74) is 6.32. The molecule has 2 nitrogen and oxygen atoms in total. The molecule has 0 radical (unpaired) electrons. The number of hydrogen-bond donors (Lipinski definition) is 1. The Morgan fingerprint density at radius 3 is 3.14 bits per heavy atom. The third kappa shape index (κ3) is 1.95. The largest absolute Gasteiger partial charge is 0.327 e. The van der Waals surface area contributed by atoms with Crippen LogP contribution in [0.25, 0.3) is 16.3 Å². The molecule has 0 atom stereocenters. The van der Waals surface area contributed by atoms with Crippen LogP contribution in [0.3, 0.4) is 0 Å². The molecule has 72 valence electrons. The Morgan fingerprint density at radius 2 is 2.36 bits per heavy atom. The van der Waals surface area contributed by atoms with Crippen molar-refractivity contribution >= 4 is 39.2 Å². The summed E-state index contributed by atoms with van der Waals surface area (Å²) in [6.45, 7) is 0.558. The molecule has 0 spiro atoms. The first-order valence-corrected chi connectivity index (χ1v) is 5.42. The van der Waals surface area contributed by atoms with Gasteiger partial charge in [0.05, 0.1) is 10.2 Å². The van der Waals surface area contributed by atoms with Crippen molar-refractivity contribution < 1.29 is 0 Å². The molecule has 0 amide bonds. The van der Waals surface area contributed by atoms with Crippen LogP contribution in [0.4, 0.5) is 0 Å². The first kappa shape index (κ1) is 9.65. The zero-order valence-corrected chi connectivity index (χ0v) is 8.98. The van der Waals surface area contributed by atoms with Gasteiger partial charge in [0.2, 0.25) is 0 Å². The van der Waals surface area contributed by atoms with Crippen molar-refractivity contribution in [2.75, 3.05) is 6.54 Å². The number of nitrogens with two attached hydrogens (primary N) is 1. The monoisotopic (exact) mass is 224 g/mol. The summed E-state index contributed by atoms with van der Waals surface area (Å²) in [5.74, 6) is 0. The maximum Gasteiger partial charge on any atom is 0.129 e. The molecule has 0 unspecified atom stereocenters. The first-order valence-electron chi connectivity index (χ1n) is 4.22. The highest BCUT2D eigenvalue weighted by Crippen LogP contribution is 2.26.